The number of carbonyl (C=O) groups excluding carboxylic acids is 1. The molecule has 31 heavy (non-hydrogen) atoms. The lowest BCUT2D eigenvalue weighted by Gasteiger charge is -2.10. The number of ether oxygens (including phenoxy) is 1. The van der Waals surface area contributed by atoms with Crippen LogP contribution in [0.1, 0.15) is 11.4 Å². The molecule has 0 saturated heterocycles. The SMILES string of the molecule is C=CCn1c(COc2ccc(Cl)cc2)nnc1SCC(=O)Nc1cc(Cl)ccc1C#N. The Bertz CT molecular complexity index is 1130. The molecular formula is C21H17Cl2N5O2S. The summed E-state index contributed by atoms with van der Waals surface area (Å²) in [7, 11) is 0. The molecule has 0 bridgehead atoms. The summed E-state index contributed by atoms with van der Waals surface area (Å²) < 4.78 is 7.56. The first-order valence-corrected chi connectivity index (χ1v) is 10.8. The minimum Gasteiger partial charge on any atom is -0.486 e. The molecule has 0 radical (unpaired) electrons. The fraction of sp³-hybridized carbons (Fsp3) is 0.143. The van der Waals surface area contributed by atoms with E-state index < -0.39 is 0 Å². The molecule has 0 aliphatic rings. The molecule has 0 atom stereocenters. The fourth-order valence-corrected chi connectivity index (χ4v) is 3.62. The van der Waals surface area contributed by atoms with Gasteiger partial charge in [0.15, 0.2) is 11.0 Å². The number of nitrogens with one attached hydrogen (secondary N) is 1. The number of hydrogen-bond donors (Lipinski definition) is 1. The van der Waals surface area contributed by atoms with Gasteiger partial charge in [-0.15, -0.1) is 16.8 Å². The van der Waals surface area contributed by atoms with Crippen molar-refractivity contribution in [2.24, 2.45) is 0 Å². The number of amides is 1. The van der Waals surface area contributed by atoms with Crippen molar-refractivity contribution in [1.29, 1.82) is 5.26 Å². The van der Waals surface area contributed by atoms with Gasteiger partial charge >= 0.3 is 0 Å². The van der Waals surface area contributed by atoms with Gasteiger partial charge in [-0.2, -0.15) is 5.26 Å². The minimum absolute atomic E-state index is 0.0741. The number of carbonyl (C=O) groups is 1. The Kier molecular flexibility index (Phi) is 7.95. The first-order chi connectivity index (χ1) is 15.0. The summed E-state index contributed by atoms with van der Waals surface area (Å²) >= 11 is 13.1. The standard InChI is InChI=1S/C21H17Cl2N5O2S/c1-2-9-28-19(12-30-17-7-5-15(22)6-8-17)26-27-21(28)31-13-20(29)25-18-10-16(23)4-3-14(18)11-24/h2-8,10H,1,9,12-13H2,(H,25,29). The third-order valence-corrected chi connectivity index (χ3v) is 5.45. The highest BCUT2D eigenvalue weighted by Gasteiger charge is 2.15. The van der Waals surface area contributed by atoms with Crippen LogP contribution in [0.3, 0.4) is 0 Å². The van der Waals surface area contributed by atoms with Crippen LogP contribution in [0.25, 0.3) is 0 Å². The van der Waals surface area contributed by atoms with Crippen LogP contribution in [0.15, 0.2) is 60.3 Å². The van der Waals surface area contributed by atoms with Gasteiger partial charge in [0.2, 0.25) is 5.91 Å². The van der Waals surface area contributed by atoms with E-state index >= 15 is 0 Å². The van der Waals surface area contributed by atoms with E-state index in [9.17, 15) is 10.1 Å². The van der Waals surface area contributed by atoms with Crippen LogP contribution in [0.4, 0.5) is 5.69 Å². The van der Waals surface area contributed by atoms with Gasteiger partial charge in [-0.25, -0.2) is 0 Å². The smallest absolute Gasteiger partial charge is 0.234 e. The second-order valence-electron chi connectivity index (χ2n) is 6.18. The van der Waals surface area contributed by atoms with Gasteiger partial charge < -0.3 is 10.1 Å². The molecule has 7 nitrogen and oxygen atoms in total. The number of allylic oxidation sites excluding steroid dienone is 1. The lowest BCUT2D eigenvalue weighted by molar-refractivity contribution is -0.113. The molecule has 0 saturated carbocycles. The highest BCUT2D eigenvalue weighted by Crippen LogP contribution is 2.23. The van der Waals surface area contributed by atoms with Crippen LogP contribution >= 0.6 is 35.0 Å². The van der Waals surface area contributed by atoms with Crippen molar-refractivity contribution in [3.8, 4) is 11.8 Å². The second kappa shape index (κ2) is 10.9. The average molecular weight is 474 g/mol. The molecule has 1 aromatic heterocycles. The molecule has 0 unspecified atom stereocenters. The zero-order valence-electron chi connectivity index (χ0n) is 16.2. The van der Waals surface area contributed by atoms with E-state index in [1.165, 1.54) is 17.8 Å². The molecular weight excluding hydrogens is 457 g/mol. The predicted molar refractivity (Wildman–Crippen MR) is 122 cm³/mol. The molecule has 10 heteroatoms. The van der Waals surface area contributed by atoms with E-state index in [0.29, 0.717) is 44.6 Å². The maximum absolute atomic E-state index is 12.4. The third kappa shape index (κ3) is 6.25. The summed E-state index contributed by atoms with van der Waals surface area (Å²) in [5, 5.41) is 21.8. The number of halogens is 2. The summed E-state index contributed by atoms with van der Waals surface area (Å²) in [6.45, 7) is 4.42. The number of aromatic nitrogens is 3. The van der Waals surface area contributed by atoms with E-state index in [0.717, 1.165) is 0 Å². The van der Waals surface area contributed by atoms with Gasteiger partial charge in [0, 0.05) is 16.6 Å². The maximum atomic E-state index is 12.4. The molecule has 3 aromatic rings. The molecule has 1 N–H and O–H groups in total. The van der Waals surface area contributed by atoms with Gasteiger partial charge in [-0.1, -0.05) is 41.0 Å². The Morgan fingerprint density at radius 2 is 1.97 bits per heavy atom. The lowest BCUT2D eigenvalue weighted by Crippen LogP contribution is -2.15. The van der Waals surface area contributed by atoms with Gasteiger partial charge in [-0.3, -0.25) is 9.36 Å². The Hall–Kier alpha value is -2.99. The van der Waals surface area contributed by atoms with E-state index in [1.54, 1.807) is 42.5 Å². The highest BCUT2D eigenvalue weighted by atomic mass is 35.5. The number of hydrogen-bond acceptors (Lipinski definition) is 6. The zero-order chi connectivity index (χ0) is 22.2. The lowest BCUT2D eigenvalue weighted by atomic mass is 10.2. The molecule has 0 fully saturated rings. The zero-order valence-corrected chi connectivity index (χ0v) is 18.5. The van der Waals surface area contributed by atoms with Gasteiger partial charge in [0.05, 0.1) is 17.0 Å². The van der Waals surface area contributed by atoms with Crippen molar-refractivity contribution < 1.29 is 9.53 Å². The third-order valence-electron chi connectivity index (χ3n) is 4.00. The normalized spacial score (nSPS) is 10.4. The van der Waals surface area contributed by atoms with Crippen molar-refractivity contribution in [2.75, 3.05) is 11.1 Å². The Morgan fingerprint density at radius 3 is 2.68 bits per heavy atom. The molecule has 2 aromatic carbocycles. The van der Waals surface area contributed by atoms with Crippen molar-refractivity contribution in [3.63, 3.8) is 0 Å². The van der Waals surface area contributed by atoms with E-state index in [1.807, 2.05) is 10.6 Å². The van der Waals surface area contributed by atoms with E-state index in [2.05, 4.69) is 22.1 Å². The number of nitriles is 1. The number of anilines is 1. The van der Waals surface area contributed by atoms with Crippen LogP contribution in [-0.4, -0.2) is 26.4 Å². The highest BCUT2D eigenvalue weighted by molar-refractivity contribution is 7.99. The Morgan fingerprint density at radius 1 is 1.23 bits per heavy atom. The molecule has 3 rings (SSSR count). The Balaban J connectivity index is 1.64. The summed E-state index contributed by atoms with van der Waals surface area (Å²) in [5.74, 6) is 1.03. The second-order valence-corrected chi connectivity index (χ2v) is 7.99. The molecule has 1 amide bonds. The van der Waals surface area contributed by atoms with Crippen LogP contribution in [0, 0.1) is 11.3 Å². The molecule has 1 heterocycles. The number of thioether (sulfide) groups is 1. The molecule has 158 valence electrons. The largest absolute Gasteiger partial charge is 0.486 e. The van der Waals surface area contributed by atoms with Crippen molar-refractivity contribution in [1.82, 2.24) is 14.8 Å². The summed E-state index contributed by atoms with van der Waals surface area (Å²) in [5.41, 5.74) is 0.699. The number of rotatable bonds is 9. The maximum Gasteiger partial charge on any atom is 0.234 e. The van der Waals surface area contributed by atoms with Crippen molar-refractivity contribution >= 4 is 46.6 Å². The van der Waals surface area contributed by atoms with E-state index in [-0.39, 0.29) is 18.3 Å². The summed E-state index contributed by atoms with van der Waals surface area (Å²) in [6.07, 6.45) is 1.71. The quantitative estimate of drug-likeness (QED) is 0.348. The first kappa shape index (κ1) is 22.7. The predicted octanol–water partition coefficient (Wildman–Crippen LogP) is 4.95. The fourth-order valence-electron chi connectivity index (χ4n) is 2.56. The average Bonchev–Trinajstić information content (AvgIpc) is 3.14. The molecule has 0 spiro atoms. The van der Waals surface area contributed by atoms with Crippen LogP contribution in [0.5, 0.6) is 5.75 Å². The van der Waals surface area contributed by atoms with Crippen LogP contribution in [-0.2, 0) is 17.9 Å². The monoisotopic (exact) mass is 473 g/mol. The van der Waals surface area contributed by atoms with Gasteiger partial charge in [-0.05, 0) is 42.5 Å². The van der Waals surface area contributed by atoms with Gasteiger partial charge in [0.25, 0.3) is 0 Å². The Labute approximate surface area is 193 Å². The van der Waals surface area contributed by atoms with Crippen LogP contribution < -0.4 is 10.1 Å². The van der Waals surface area contributed by atoms with Crippen molar-refractivity contribution in [3.05, 3.63) is 76.6 Å². The number of benzene rings is 2. The minimum atomic E-state index is -0.295. The summed E-state index contributed by atoms with van der Waals surface area (Å²) in [6, 6.07) is 13.7. The topological polar surface area (TPSA) is 92.8 Å². The summed E-state index contributed by atoms with van der Waals surface area (Å²) in [4.78, 5) is 12.4. The van der Waals surface area contributed by atoms with E-state index in [4.69, 9.17) is 27.9 Å². The number of nitrogens with zero attached hydrogens (tertiary/aromatic N) is 4. The van der Waals surface area contributed by atoms with Crippen LogP contribution in [0.2, 0.25) is 10.0 Å². The first-order valence-electron chi connectivity index (χ1n) is 9.03. The molecule has 0 aliphatic carbocycles. The van der Waals surface area contributed by atoms with Crippen molar-refractivity contribution in [2.45, 2.75) is 18.3 Å². The van der Waals surface area contributed by atoms with Gasteiger partial charge in [0.1, 0.15) is 18.4 Å². The molecule has 0 aliphatic heterocycles.